The minimum atomic E-state index is -0.740. The summed E-state index contributed by atoms with van der Waals surface area (Å²) in [6, 6.07) is 0. The van der Waals surface area contributed by atoms with Gasteiger partial charge in [0.25, 0.3) is 0 Å². The fraction of sp³-hybridized carbons (Fsp3) is 0.545. The van der Waals surface area contributed by atoms with Gasteiger partial charge in [-0.25, -0.2) is 0 Å². The number of nitrogens with one attached hydrogen (secondary N) is 2. The van der Waals surface area contributed by atoms with Crippen LogP contribution in [-0.2, 0) is 11.3 Å². The van der Waals surface area contributed by atoms with Crippen molar-refractivity contribution in [3.63, 3.8) is 0 Å². The Morgan fingerprint density at radius 1 is 1.62 bits per heavy atom. The minimum absolute atomic E-state index is 0.184. The molecule has 0 spiro atoms. The molecular weight excluding hydrogens is 224 g/mol. The quantitative estimate of drug-likeness (QED) is 0.717. The van der Waals surface area contributed by atoms with E-state index in [2.05, 4.69) is 28.3 Å². The molecule has 4 nitrogen and oxygen atoms in total. The molecule has 0 radical (unpaired) electrons. The van der Waals surface area contributed by atoms with Crippen LogP contribution in [-0.4, -0.2) is 29.7 Å². The molecule has 1 fully saturated rings. The largest absolute Gasteiger partial charge is 0.481 e. The molecule has 0 aromatic carbocycles. The van der Waals surface area contributed by atoms with Crippen LogP contribution in [0.1, 0.15) is 17.5 Å². The van der Waals surface area contributed by atoms with Gasteiger partial charge in [0, 0.05) is 19.6 Å². The van der Waals surface area contributed by atoms with Gasteiger partial charge in [-0.2, -0.15) is 11.3 Å². The number of carboxylic acids is 1. The third kappa shape index (κ3) is 2.42. The predicted molar refractivity (Wildman–Crippen MR) is 63.7 cm³/mol. The van der Waals surface area contributed by atoms with Crippen molar-refractivity contribution in [2.45, 2.75) is 25.4 Å². The Balaban J connectivity index is 1.93. The topological polar surface area (TPSA) is 61.4 Å². The minimum Gasteiger partial charge on any atom is -0.481 e. The SMILES string of the molecule is Cc1cscc1CNC1(CC(=O)O)CNC1. The molecule has 88 valence electrons. The summed E-state index contributed by atoms with van der Waals surface area (Å²) in [6.07, 6.45) is 0.184. The lowest BCUT2D eigenvalue weighted by Gasteiger charge is -2.42. The molecule has 1 aromatic rings. The van der Waals surface area contributed by atoms with E-state index in [0.29, 0.717) is 0 Å². The van der Waals surface area contributed by atoms with Gasteiger partial charge in [-0.05, 0) is 28.8 Å². The van der Waals surface area contributed by atoms with E-state index in [0.717, 1.165) is 19.6 Å². The molecule has 0 saturated carbocycles. The van der Waals surface area contributed by atoms with Crippen molar-refractivity contribution < 1.29 is 9.90 Å². The van der Waals surface area contributed by atoms with E-state index in [1.165, 1.54) is 11.1 Å². The number of carbonyl (C=O) groups is 1. The van der Waals surface area contributed by atoms with E-state index in [4.69, 9.17) is 5.11 Å². The van der Waals surface area contributed by atoms with Crippen LogP contribution in [0.15, 0.2) is 10.8 Å². The van der Waals surface area contributed by atoms with Gasteiger partial charge in [-0.3, -0.25) is 4.79 Å². The molecular formula is C11H16N2O2S. The molecule has 1 saturated heterocycles. The average Bonchev–Trinajstić information content (AvgIpc) is 2.55. The standard InChI is InChI=1S/C11H16N2O2S/c1-8-4-16-5-9(8)3-13-11(2-10(14)15)6-12-7-11/h4-5,12-13H,2-3,6-7H2,1H3,(H,14,15). The van der Waals surface area contributed by atoms with Crippen LogP contribution in [0.25, 0.3) is 0 Å². The maximum absolute atomic E-state index is 10.8. The molecule has 0 unspecified atom stereocenters. The lowest BCUT2D eigenvalue weighted by Crippen LogP contribution is -2.68. The summed E-state index contributed by atoms with van der Waals surface area (Å²) in [6.45, 7) is 4.31. The zero-order chi connectivity index (χ0) is 11.6. The van der Waals surface area contributed by atoms with Crippen LogP contribution < -0.4 is 10.6 Å². The van der Waals surface area contributed by atoms with Crippen LogP contribution in [0.2, 0.25) is 0 Å². The zero-order valence-corrected chi connectivity index (χ0v) is 10.1. The molecule has 2 heterocycles. The smallest absolute Gasteiger partial charge is 0.305 e. The molecule has 2 rings (SSSR count). The molecule has 5 heteroatoms. The fourth-order valence-electron chi connectivity index (χ4n) is 1.88. The van der Waals surface area contributed by atoms with Crippen LogP contribution in [0.5, 0.6) is 0 Å². The first-order chi connectivity index (χ1) is 7.61. The molecule has 0 amide bonds. The highest BCUT2D eigenvalue weighted by molar-refractivity contribution is 7.08. The highest BCUT2D eigenvalue weighted by Crippen LogP contribution is 2.19. The second-order valence-corrected chi connectivity index (χ2v) is 5.13. The Hall–Kier alpha value is -0.910. The molecule has 3 N–H and O–H groups in total. The monoisotopic (exact) mass is 240 g/mol. The van der Waals surface area contributed by atoms with Crippen molar-refractivity contribution in [1.82, 2.24) is 10.6 Å². The average molecular weight is 240 g/mol. The Labute approximate surface area is 98.7 Å². The van der Waals surface area contributed by atoms with Crippen LogP contribution in [0, 0.1) is 6.92 Å². The summed E-state index contributed by atoms with van der Waals surface area (Å²) in [5, 5.41) is 19.6. The van der Waals surface area contributed by atoms with Crippen LogP contribution in [0.4, 0.5) is 0 Å². The van der Waals surface area contributed by atoms with Crippen molar-refractivity contribution >= 4 is 17.3 Å². The van der Waals surface area contributed by atoms with Gasteiger partial charge in [0.15, 0.2) is 0 Å². The number of aliphatic carboxylic acids is 1. The summed E-state index contributed by atoms with van der Waals surface area (Å²) in [4.78, 5) is 10.8. The Morgan fingerprint density at radius 3 is 2.81 bits per heavy atom. The second kappa shape index (κ2) is 4.53. The van der Waals surface area contributed by atoms with E-state index in [1.54, 1.807) is 11.3 Å². The lowest BCUT2D eigenvalue weighted by atomic mass is 9.88. The lowest BCUT2D eigenvalue weighted by molar-refractivity contribution is -0.139. The Bertz CT molecular complexity index is 385. The molecule has 0 aliphatic carbocycles. The summed E-state index contributed by atoms with van der Waals surface area (Å²) >= 11 is 1.68. The normalized spacial score (nSPS) is 18.1. The van der Waals surface area contributed by atoms with Crippen molar-refractivity contribution in [3.05, 3.63) is 21.9 Å². The Kier molecular flexibility index (Phi) is 3.28. The number of rotatable bonds is 5. The molecule has 16 heavy (non-hydrogen) atoms. The van der Waals surface area contributed by atoms with Crippen molar-refractivity contribution in [3.8, 4) is 0 Å². The maximum Gasteiger partial charge on any atom is 0.305 e. The van der Waals surface area contributed by atoms with Crippen molar-refractivity contribution in [2.75, 3.05) is 13.1 Å². The van der Waals surface area contributed by atoms with E-state index in [-0.39, 0.29) is 12.0 Å². The van der Waals surface area contributed by atoms with Crippen molar-refractivity contribution in [2.24, 2.45) is 0 Å². The number of aryl methyl sites for hydroxylation is 1. The summed E-state index contributed by atoms with van der Waals surface area (Å²) in [5.74, 6) is -0.740. The fourth-order valence-corrected chi connectivity index (χ4v) is 2.74. The summed E-state index contributed by atoms with van der Waals surface area (Å²) < 4.78 is 0. The first-order valence-corrected chi connectivity index (χ1v) is 6.25. The predicted octanol–water partition coefficient (Wildman–Crippen LogP) is 0.963. The van der Waals surface area contributed by atoms with Gasteiger partial charge in [0.1, 0.15) is 0 Å². The van der Waals surface area contributed by atoms with Gasteiger partial charge in [0.05, 0.1) is 12.0 Å². The van der Waals surface area contributed by atoms with Gasteiger partial charge in [-0.1, -0.05) is 0 Å². The second-order valence-electron chi connectivity index (χ2n) is 4.39. The molecule has 0 bridgehead atoms. The van der Waals surface area contributed by atoms with Gasteiger partial charge < -0.3 is 15.7 Å². The molecule has 1 aliphatic heterocycles. The number of hydrogen-bond donors (Lipinski definition) is 3. The maximum atomic E-state index is 10.8. The number of thiophene rings is 1. The molecule has 1 aliphatic rings. The van der Waals surface area contributed by atoms with E-state index < -0.39 is 5.97 Å². The van der Waals surface area contributed by atoms with Crippen molar-refractivity contribution in [1.29, 1.82) is 0 Å². The first-order valence-electron chi connectivity index (χ1n) is 5.30. The molecule has 0 atom stereocenters. The number of carboxylic acid groups (broad SMARTS) is 1. The van der Waals surface area contributed by atoms with Gasteiger partial charge in [-0.15, -0.1) is 0 Å². The third-order valence-electron chi connectivity index (χ3n) is 3.03. The van der Waals surface area contributed by atoms with Crippen LogP contribution >= 0.6 is 11.3 Å². The summed E-state index contributed by atoms with van der Waals surface area (Å²) in [7, 11) is 0. The van der Waals surface area contributed by atoms with E-state index in [9.17, 15) is 4.79 Å². The highest BCUT2D eigenvalue weighted by atomic mass is 32.1. The van der Waals surface area contributed by atoms with Crippen LogP contribution in [0.3, 0.4) is 0 Å². The van der Waals surface area contributed by atoms with E-state index >= 15 is 0 Å². The van der Waals surface area contributed by atoms with Gasteiger partial charge >= 0.3 is 5.97 Å². The highest BCUT2D eigenvalue weighted by Gasteiger charge is 2.38. The zero-order valence-electron chi connectivity index (χ0n) is 9.25. The number of hydrogen-bond acceptors (Lipinski definition) is 4. The van der Waals surface area contributed by atoms with Gasteiger partial charge in [0.2, 0.25) is 0 Å². The Morgan fingerprint density at radius 2 is 2.38 bits per heavy atom. The summed E-state index contributed by atoms with van der Waals surface area (Å²) in [5.41, 5.74) is 2.29. The third-order valence-corrected chi connectivity index (χ3v) is 3.94. The first kappa shape index (κ1) is 11.6. The van der Waals surface area contributed by atoms with E-state index in [1.807, 2.05) is 0 Å². The molecule has 1 aromatic heterocycles.